The van der Waals surface area contributed by atoms with Gasteiger partial charge in [-0.1, -0.05) is 46.3 Å². The van der Waals surface area contributed by atoms with Crippen molar-refractivity contribution in [3.05, 3.63) is 64.1 Å². The van der Waals surface area contributed by atoms with Crippen LogP contribution in [0.25, 0.3) is 11.6 Å². The Hall–Kier alpha value is -2.05. The van der Waals surface area contributed by atoms with E-state index in [4.69, 9.17) is 4.74 Å². The predicted molar refractivity (Wildman–Crippen MR) is 85.2 cm³/mol. The normalized spacial score (nSPS) is 10.9. The molecular weight excluding hydrogens is 314 g/mol. The van der Waals surface area contributed by atoms with E-state index in [9.17, 15) is 5.26 Å². The Bertz CT molecular complexity index is 653. The Morgan fingerprint density at radius 2 is 1.90 bits per heavy atom. The molecule has 20 heavy (non-hydrogen) atoms. The average molecular weight is 328 g/mol. The van der Waals surface area contributed by atoms with Crippen molar-refractivity contribution < 1.29 is 4.74 Å². The maximum absolute atomic E-state index is 9.36. The lowest BCUT2D eigenvalue weighted by Gasteiger charge is -2.07. The molecule has 0 aliphatic rings. The lowest BCUT2D eigenvalue weighted by molar-refractivity contribution is 0.339. The zero-order valence-corrected chi connectivity index (χ0v) is 12.7. The van der Waals surface area contributed by atoms with E-state index in [-0.39, 0.29) is 0 Å². The highest BCUT2D eigenvalue weighted by molar-refractivity contribution is 9.10. The minimum absolute atomic E-state index is 0.602. The maximum Gasteiger partial charge on any atom is 0.126 e. The Kier molecular flexibility index (Phi) is 4.97. The minimum atomic E-state index is 0.602. The monoisotopic (exact) mass is 327 g/mol. The molecule has 0 aliphatic heterocycles. The van der Waals surface area contributed by atoms with Crippen LogP contribution in [0.4, 0.5) is 0 Å². The molecular formula is C17H14BrNO. The molecule has 2 aromatic rings. The molecule has 2 nitrogen and oxygen atoms in total. The van der Waals surface area contributed by atoms with Crippen molar-refractivity contribution >= 4 is 27.6 Å². The summed E-state index contributed by atoms with van der Waals surface area (Å²) < 4.78 is 6.57. The van der Waals surface area contributed by atoms with Gasteiger partial charge in [0, 0.05) is 10.0 Å². The lowest BCUT2D eigenvalue weighted by Crippen LogP contribution is -1.93. The molecule has 100 valence electrons. The molecule has 0 amide bonds. The molecule has 0 saturated carbocycles. The zero-order chi connectivity index (χ0) is 14.4. The van der Waals surface area contributed by atoms with Gasteiger partial charge in [-0.15, -0.1) is 0 Å². The summed E-state index contributed by atoms with van der Waals surface area (Å²) in [6.45, 7) is 2.55. The first-order chi connectivity index (χ1) is 9.74. The van der Waals surface area contributed by atoms with E-state index in [0.29, 0.717) is 12.2 Å². The van der Waals surface area contributed by atoms with Gasteiger partial charge in [-0.25, -0.2) is 0 Å². The second-order valence-corrected chi connectivity index (χ2v) is 5.06. The summed E-state index contributed by atoms with van der Waals surface area (Å²) in [5.74, 6) is 0.792. The first kappa shape index (κ1) is 14.4. The second-order valence-electron chi connectivity index (χ2n) is 4.15. The maximum atomic E-state index is 9.36. The molecule has 0 unspecified atom stereocenters. The number of nitriles is 1. The smallest absolute Gasteiger partial charge is 0.126 e. The van der Waals surface area contributed by atoms with E-state index < -0.39 is 0 Å². The standard InChI is InChI=1S/C17H14BrNO/c1-2-20-17-6-4-3-5-14(17)11-15(12-19)13-7-9-16(18)10-8-13/h3-11H,2H2,1H3. The minimum Gasteiger partial charge on any atom is -0.493 e. The predicted octanol–water partition coefficient (Wildman–Crippen LogP) is 4.91. The van der Waals surface area contributed by atoms with Gasteiger partial charge < -0.3 is 4.74 Å². The third-order valence-electron chi connectivity index (χ3n) is 2.79. The number of para-hydroxylation sites is 1. The molecule has 0 saturated heterocycles. The Morgan fingerprint density at radius 3 is 2.55 bits per heavy atom. The van der Waals surface area contributed by atoms with Gasteiger partial charge in [0.25, 0.3) is 0 Å². The van der Waals surface area contributed by atoms with Gasteiger partial charge in [0.1, 0.15) is 5.75 Å². The fourth-order valence-corrected chi connectivity index (χ4v) is 2.12. The van der Waals surface area contributed by atoms with Gasteiger partial charge in [-0.3, -0.25) is 0 Å². The number of rotatable bonds is 4. The van der Waals surface area contributed by atoms with Crippen molar-refractivity contribution in [2.24, 2.45) is 0 Å². The molecule has 0 N–H and O–H groups in total. The van der Waals surface area contributed by atoms with Crippen LogP contribution in [0.2, 0.25) is 0 Å². The average Bonchev–Trinajstić information content (AvgIpc) is 2.48. The van der Waals surface area contributed by atoms with E-state index in [1.54, 1.807) is 0 Å². The van der Waals surface area contributed by atoms with E-state index in [1.165, 1.54) is 0 Å². The van der Waals surface area contributed by atoms with Crippen LogP contribution >= 0.6 is 15.9 Å². The molecule has 0 aromatic heterocycles. The lowest BCUT2D eigenvalue weighted by atomic mass is 10.0. The first-order valence-corrected chi connectivity index (χ1v) is 7.13. The highest BCUT2D eigenvalue weighted by atomic mass is 79.9. The highest BCUT2D eigenvalue weighted by Gasteiger charge is 2.04. The Morgan fingerprint density at radius 1 is 1.20 bits per heavy atom. The number of benzene rings is 2. The Balaban J connectivity index is 2.41. The summed E-state index contributed by atoms with van der Waals surface area (Å²) in [5, 5.41) is 9.36. The number of hydrogen-bond acceptors (Lipinski definition) is 2. The molecule has 0 radical (unpaired) electrons. The second kappa shape index (κ2) is 6.93. The fourth-order valence-electron chi connectivity index (χ4n) is 1.85. The van der Waals surface area contributed by atoms with Gasteiger partial charge in [-0.05, 0) is 36.8 Å². The molecule has 2 rings (SSSR count). The van der Waals surface area contributed by atoms with Crippen molar-refractivity contribution in [3.63, 3.8) is 0 Å². The molecule has 2 aromatic carbocycles. The van der Waals surface area contributed by atoms with Crippen molar-refractivity contribution in [3.8, 4) is 11.8 Å². The molecule has 0 spiro atoms. The van der Waals surface area contributed by atoms with Crippen molar-refractivity contribution in [1.29, 1.82) is 5.26 Å². The van der Waals surface area contributed by atoms with Crippen LogP contribution in [0, 0.1) is 11.3 Å². The van der Waals surface area contributed by atoms with E-state index in [0.717, 1.165) is 21.3 Å². The summed E-state index contributed by atoms with van der Waals surface area (Å²) in [5.41, 5.74) is 2.42. The molecule has 0 atom stereocenters. The van der Waals surface area contributed by atoms with Crippen molar-refractivity contribution in [2.75, 3.05) is 6.61 Å². The van der Waals surface area contributed by atoms with Crippen LogP contribution in [-0.4, -0.2) is 6.61 Å². The summed E-state index contributed by atoms with van der Waals surface area (Å²) in [6.07, 6.45) is 1.86. The van der Waals surface area contributed by atoms with Crippen LogP contribution in [0.1, 0.15) is 18.1 Å². The summed E-state index contributed by atoms with van der Waals surface area (Å²) in [6, 6.07) is 17.6. The van der Waals surface area contributed by atoms with E-state index in [1.807, 2.05) is 61.5 Å². The number of allylic oxidation sites excluding steroid dienone is 1. The van der Waals surface area contributed by atoms with Gasteiger partial charge >= 0.3 is 0 Å². The fraction of sp³-hybridized carbons (Fsp3) is 0.118. The van der Waals surface area contributed by atoms with E-state index in [2.05, 4.69) is 22.0 Å². The molecule has 0 heterocycles. The first-order valence-electron chi connectivity index (χ1n) is 6.34. The zero-order valence-electron chi connectivity index (χ0n) is 11.1. The van der Waals surface area contributed by atoms with Crippen LogP contribution in [-0.2, 0) is 0 Å². The Labute approximate surface area is 127 Å². The number of nitrogens with zero attached hydrogens (tertiary/aromatic N) is 1. The van der Waals surface area contributed by atoms with Gasteiger partial charge in [0.15, 0.2) is 0 Å². The van der Waals surface area contributed by atoms with Crippen LogP contribution in [0.5, 0.6) is 5.75 Å². The van der Waals surface area contributed by atoms with Crippen molar-refractivity contribution in [2.45, 2.75) is 6.92 Å². The number of hydrogen-bond donors (Lipinski definition) is 0. The highest BCUT2D eigenvalue weighted by Crippen LogP contribution is 2.25. The topological polar surface area (TPSA) is 33.0 Å². The molecule has 0 bridgehead atoms. The third-order valence-corrected chi connectivity index (χ3v) is 3.32. The van der Waals surface area contributed by atoms with Gasteiger partial charge in [-0.2, -0.15) is 5.26 Å². The SMILES string of the molecule is CCOc1ccccc1C=C(C#N)c1ccc(Br)cc1. The summed E-state index contributed by atoms with van der Waals surface area (Å²) in [4.78, 5) is 0. The quantitative estimate of drug-likeness (QED) is 0.590. The number of halogens is 1. The summed E-state index contributed by atoms with van der Waals surface area (Å²) in [7, 11) is 0. The number of ether oxygens (including phenoxy) is 1. The molecule has 0 aliphatic carbocycles. The molecule has 3 heteroatoms. The van der Waals surface area contributed by atoms with Crippen LogP contribution < -0.4 is 4.74 Å². The molecule has 0 fully saturated rings. The summed E-state index contributed by atoms with van der Waals surface area (Å²) >= 11 is 3.39. The third kappa shape index (κ3) is 3.49. The van der Waals surface area contributed by atoms with Crippen molar-refractivity contribution in [1.82, 2.24) is 0 Å². The van der Waals surface area contributed by atoms with Gasteiger partial charge in [0.2, 0.25) is 0 Å². The largest absolute Gasteiger partial charge is 0.493 e. The van der Waals surface area contributed by atoms with Crippen LogP contribution in [0.15, 0.2) is 53.0 Å². The van der Waals surface area contributed by atoms with Gasteiger partial charge in [0.05, 0.1) is 18.2 Å². The van der Waals surface area contributed by atoms with E-state index >= 15 is 0 Å². The van der Waals surface area contributed by atoms with Crippen LogP contribution in [0.3, 0.4) is 0 Å².